The molecule has 0 saturated heterocycles. The van der Waals surface area contributed by atoms with E-state index in [9.17, 15) is 8.78 Å². The summed E-state index contributed by atoms with van der Waals surface area (Å²) < 4.78 is 26.4. The third kappa shape index (κ3) is 1.48. The molecular formula is C8H3F2IN2. The van der Waals surface area contributed by atoms with E-state index in [-0.39, 0.29) is 10.9 Å². The van der Waals surface area contributed by atoms with Crippen LogP contribution in [0.4, 0.5) is 8.78 Å². The van der Waals surface area contributed by atoms with Crippen LogP contribution in [0.3, 0.4) is 0 Å². The van der Waals surface area contributed by atoms with Gasteiger partial charge in [-0.05, 0) is 22.6 Å². The van der Waals surface area contributed by atoms with Gasteiger partial charge < -0.3 is 0 Å². The van der Waals surface area contributed by atoms with E-state index in [2.05, 4.69) is 9.97 Å². The van der Waals surface area contributed by atoms with Crippen LogP contribution in [0.15, 0.2) is 18.5 Å². The Morgan fingerprint density at radius 1 is 1.15 bits per heavy atom. The molecule has 0 atom stereocenters. The number of nitrogens with zero attached hydrogens (tertiary/aromatic N) is 2. The Hall–Kier alpha value is -0.850. The van der Waals surface area contributed by atoms with Crippen molar-refractivity contribution in [1.82, 2.24) is 9.97 Å². The van der Waals surface area contributed by atoms with Gasteiger partial charge in [-0.25, -0.2) is 18.7 Å². The number of rotatable bonds is 0. The number of halogens is 3. The maximum Gasteiger partial charge on any atom is 0.138 e. The van der Waals surface area contributed by atoms with E-state index in [1.165, 1.54) is 12.4 Å². The zero-order chi connectivity index (χ0) is 9.42. The Balaban J connectivity index is 2.94. The average molecular weight is 292 g/mol. The highest BCUT2D eigenvalue weighted by atomic mass is 127. The fourth-order valence-electron chi connectivity index (χ4n) is 1.07. The van der Waals surface area contributed by atoms with Crippen LogP contribution in [0.5, 0.6) is 0 Å². The molecule has 0 aliphatic rings. The van der Waals surface area contributed by atoms with Crippen LogP contribution in [0.2, 0.25) is 0 Å². The van der Waals surface area contributed by atoms with E-state index in [4.69, 9.17) is 0 Å². The largest absolute Gasteiger partial charge is 0.236 e. The molecule has 2 rings (SSSR count). The molecule has 0 amide bonds. The Kier molecular flexibility index (Phi) is 2.10. The van der Waals surface area contributed by atoms with Crippen molar-refractivity contribution < 1.29 is 8.78 Å². The standard InChI is InChI=1S/C8H3F2IN2/c9-4-1-5(10)7-6(2-4)12-3-13-8(7)11/h1-3H. The number of benzene rings is 1. The van der Waals surface area contributed by atoms with Crippen LogP contribution < -0.4 is 0 Å². The van der Waals surface area contributed by atoms with E-state index >= 15 is 0 Å². The number of aromatic nitrogens is 2. The van der Waals surface area contributed by atoms with E-state index in [0.717, 1.165) is 6.07 Å². The van der Waals surface area contributed by atoms with Crippen molar-refractivity contribution in [3.05, 3.63) is 33.8 Å². The van der Waals surface area contributed by atoms with E-state index < -0.39 is 11.6 Å². The highest BCUT2D eigenvalue weighted by Gasteiger charge is 2.08. The lowest BCUT2D eigenvalue weighted by molar-refractivity contribution is 0.591. The molecule has 2 nitrogen and oxygen atoms in total. The minimum atomic E-state index is -0.625. The van der Waals surface area contributed by atoms with Crippen molar-refractivity contribution in [3.8, 4) is 0 Å². The summed E-state index contributed by atoms with van der Waals surface area (Å²) in [5.74, 6) is -1.25. The molecule has 0 bridgehead atoms. The van der Waals surface area contributed by atoms with Crippen molar-refractivity contribution in [2.24, 2.45) is 0 Å². The van der Waals surface area contributed by atoms with Crippen LogP contribution >= 0.6 is 22.6 Å². The molecule has 66 valence electrons. The molecule has 0 unspecified atom stereocenters. The molecule has 0 aliphatic heterocycles. The Morgan fingerprint density at radius 2 is 1.92 bits per heavy atom. The van der Waals surface area contributed by atoms with Crippen LogP contribution in [0.1, 0.15) is 0 Å². The molecule has 0 fully saturated rings. The van der Waals surface area contributed by atoms with E-state index in [1.807, 2.05) is 22.6 Å². The molecule has 0 saturated carbocycles. The first-order valence-corrected chi connectivity index (χ1v) is 4.51. The Morgan fingerprint density at radius 3 is 2.69 bits per heavy atom. The van der Waals surface area contributed by atoms with Gasteiger partial charge in [0.2, 0.25) is 0 Å². The van der Waals surface area contributed by atoms with Gasteiger partial charge in [-0.3, -0.25) is 0 Å². The van der Waals surface area contributed by atoms with Gasteiger partial charge in [-0.2, -0.15) is 0 Å². The monoisotopic (exact) mass is 292 g/mol. The lowest BCUT2D eigenvalue weighted by atomic mass is 10.2. The van der Waals surface area contributed by atoms with Crippen LogP contribution in [-0.2, 0) is 0 Å². The lowest BCUT2D eigenvalue weighted by Crippen LogP contribution is -1.91. The van der Waals surface area contributed by atoms with Gasteiger partial charge in [0.05, 0.1) is 10.9 Å². The highest BCUT2D eigenvalue weighted by molar-refractivity contribution is 14.1. The maximum atomic E-state index is 13.2. The summed E-state index contributed by atoms with van der Waals surface area (Å²) >= 11 is 1.88. The van der Waals surface area contributed by atoms with Crippen LogP contribution in [0.25, 0.3) is 10.9 Å². The maximum absolute atomic E-state index is 13.2. The molecule has 0 N–H and O–H groups in total. The highest BCUT2D eigenvalue weighted by Crippen LogP contribution is 2.20. The van der Waals surface area contributed by atoms with Crippen molar-refractivity contribution in [2.75, 3.05) is 0 Å². The summed E-state index contributed by atoms with van der Waals surface area (Å²) in [4.78, 5) is 7.58. The Bertz CT molecular complexity index is 473. The zero-order valence-corrected chi connectivity index (χ0v) is 8.42. The number of hydrogen-bond donors (Lipinski definition) is 0. The second-order valence-corrected chi connectivity index (χ2v) is 3.47. The third-order valence-electron chi connectivity index (χ3n) is 1.61. The van der Waals surface area contributed by atoms with Crippen LogP contribution in [0, 0.1) is 15.3 Å². The first-order chi connectivity index (χ1) is 6.18. The second kappa shape index (κ2) is 3.13. The molecule has 1 aromatic carbocycles. The van der Waals surface area contributed by atoms with Crippen molar-refractivity contribution >= 4 is 33.5 Å². The van der Waals surface area contributed by atoms with Crippen molar-refractivity contribution in [1.29, 1.82) is 0 Å². The minimum Gasteiger partial charge on any atom is -0.236 e. The van der Waals surface area contributed by atoms with Gasteiger partial charge in [0, 0.05) is 12.1 Å². The second-order valence-electron chi connectivity index (χ2n) is 2.45. The predicted octanol–water partition coefficient (Wildman–Crippen LogP) is 2.51. The van der Waals surface area contributed by atoms with Crippen molar-refractivity contribution in [3.63, 3.8) is 0 Å². The molecule has 0 aliphatic carbocycles. The predicted molar refractivity (Wildman–Crippen MR) is 52.2 cm³/mol. The van der Waals surface area contributed by atoms with Gasteiger partial charge in [-0.15, -0.1) is 0 Å². The van der Waals surface area contributed by atoms with E-state index in [1.54, 1.807) is 0 Å². The van der Waals surface area contributed by atoms with Gasteiger partial charge in [-0.1, -0.05) is 0 Å². The third-order valence-corrected chi connectivity index (χ3v) is 2.43. The SMILES string of the molecule is Fc1cc(F)c2c(I)ncnc2c1. The number of hydrogen-bond acceptors (Lipinski definition) is 2. The summed E-state index contributed by atoms with van der Waals surface area (Å²) in [6.07, 6.45) is 1.28. The normalized spacial score (nSPS) is 10.7. The molecule has 13 heavy (non-hydrogen) atoms. The molecule has 5 heteroatoms. The molecular weight excluding hydrogens is 289 g/mol. The van der Waals surface area contributed by atoms with E-state index in [0.29, 0.717) is 3.70 Å². The first-order valence-electron chi connectivity index (χ1n) is 3.44. The fraction of sp³-hybridized carbons (Fsp3) is 0. The smallest absolute Gasteiger partial charge is 0.138 e. The quantitative estimate of drug-likeness (QED) is 0.551. The summed E-state index contributed by atoms with van der Waals surface area (Å²) in [5.41, 5.74) is 0.289. The summed E-state index contributed by atoms with van der Waals surface area (Å²) in [6.45, 7) is 0. The minimum absolute atomic E-state index is 0.268. The van der Waals surface area contributed by atoms with Gasteiger partial charge in [0.25, 0.3) is 0 Å². The molecule has 2 aromatic rings. The summed E-state index contributed by atoms with van der Waals surface area (Å²) in [7, 11) is 0. The number of fused-ring (bicyclic) bond motifs is 1. The summed E-state index contributed by atoms with van der Waals surface area (Å²) in [6, 6.07) is 2.01. The Labute approximate surface area is 86.1 Å². The average Bonchev–Trinajstić information content (AvgIpc) is 2.02. The lowest BCUT2D eigenvalue weighted by Gasteiger charge is -1.99. The zero-order valence-electron chi connectivity index (χ0n) is 6.26. The van der Waals surface area contributed by atoms with Gasteiger partial charge >= 0.3 is 0 Å². The van der Waals surface area contributed by atoms with Gasteiger partial charge in [0.15, 0.2) is 0 Å². The first kappa shape index (κ1) is 8.74. The fourth-order valence-corrected chi connectivity index (χ4v) is 1.73. The molecule has 0 radical (unpaired) electrons. The molecule has 1 heterocycles. The van der Waals surface area contributed by atoms with Crippen LogP contribution in [-0.4, -0.2) is 9.97 Å². The molecule has 1 aromatic heterocycles. The molecule has 0 spiro atoms. The summed E-state index contributed by atoms with van der Waals surface area (Å²) in [5, 5.41) is 0.268. The van der Waals surface area contributed by atoms with Crippen molar-refractivity contribution in [2.45, 2.75) is 0 Å². The topological polar surface area (TPSA) is 25.8 Å². The van der Waals surface area contributed by atoms with Gasteiger partial charge in [0.1, 0.15) is 21.7 Å².